The van der Waals surface area contributed by atoms with Crippen molar-refractivity contribution in [3.8, 4) is 0 Å². The maximum Gasteiger partial charge on any atom is 0.101 e. The Hall–Kier alpha value is -1.09. The number of hydrogen-bond donors (Lipinski definition) is 1. The second-order valence-electron chi connectivity index (χ2n) is 4.61. The number of aliphatic hydroxyl groups is 1. The lowest BCUT2D eigenvalue weighted by Crippen LogP contribution is -2.07. The summed E-state index contributed by atoms with van der Waals surface area (Å²) in [5.41, 5.74) is 3.91. The third-order valence-electron chi connectivity index (χ3n) is 3.19. The molecule has 1 aromatic heterocycles. The molecule has 0 aliphatic rings. The minimum atomic E-state index is -0.732. The summed E-state index contributed by atoms with van der Waals surface area (Å²) in [4.78, 5) is 4.12. The third kappa shape index (κ3) is 3.27. The summed E-state index contributed by atoms with van der Waals surface area (Å²) in [5, 5.41) is 11.2. The van der Waals surface area contributed by atoms with Gasteiger partial charge in [0.15, 0.2) is 0 Å². The molecule has 1 heterocycles. The first kappa shape index (κ1) is 14.3. The topological polar surface area (TPSA) is 33.1 Å². The summed E-state index contributed by atoms with van der Waals surface area (Å²) in [7, 11) is 0. The Morgan fingerprint density at radius 1 is 1.21 bits per heavy atom. The van der Waals surface area contributed by atoms with Crippen molar-refractivity contribution in [1.29, 1.82) is 0 Å². The van der Waals surface area contributed by atoms with Gasteiger partial charge in [0.2, 0.25) is 0 Å². The fraction of sp³-hybridized carbons (Fsp3) is 0.267. The molecule has 2 nitrogen and oxygen atoms in total. The van der Waals surface area contributed by atoms with Crippen LogP contribution in [0.3, 0.4) is 0 Å². The Bertz CT molecular complexity index is 578. The summed E-state index contributed by atoms with van der Waals surface area (Å²) >= 11 is 11.9. The van der Waals surface area contributed by atoms with E-state index < -0.39 is 6.10 Å². The van der Waals surface area contributed by atoms with E-state index in [1.807, 2.05) is 32.0 Å². The van der Waals surface area contributed by atoms with Crippen LogP contribution in [0.5, 0.6) is 0 Å². The molecule has 4 heteroatoms. The highest BCUT2D eigenvalue weighted by atomic mass is 35.5. The summed E-state index contributed by atoms with van der Waals surface area (Å²) in [5.74, 6) is 0. The highest BCUT2D eigenvalue weighted by Gasteiger charge is 2.16. The zero-order valence-electron chi connectivity index (χ0n) is 10.8. The molecule has 0 amide bonds. The third-order valence-corrected chi connectivity index (χ3v) is 3.70. The van der Waals surface area contributed by atoms with Crippen molar-refractivity contribution in [3.63, 3.8) is 0 Å². The molecule has 1 atom stereocenters. The molecule has 1 aromatic carbocycles. The monoisotopic (exact) mass is 295 g/mol. The Kier molecular flexibility index (Phi) is 4.46. The zero-order valence-corrected chi connectivity index (χ0v) is 12.3. The predicted molar refractivity (Wildman–Crippen MR) is 78.8 cm³/mol. The van der Waals surface area contributed by atoms with Crippen LogP contribution in [0.4, 0.5) is 0 Å². The van der Waals surface area contributed by atoms with Crippen molar-refractivity contribution in [2.45, 2.75) is 26.4 Å². The van der Waals surface area contributed by atoms with Crippen LogP contribution in [-0.4, -0.2) is 10.1 Å². The van der Waals surface area contributed by atoms with E-state index in [1.165, 1.54) is 6.20 Å². The Morgan fingerprint density at radius 2 is 1.84 bits per heavy atom. The van der Waals surface area contributed by atoms with Crippen LogP contribution >= 0.6 is 23.2 Å². The molecule has 2 rings (SSSR count). The second kappa shape index (κ2) is 5.91. The van der Waals surface area contributed by atoms with Crippen molar-refractivity contribution in [2.24, 2.45) is 0 Å². The molecule has 0 saturated heterocycles. The number of aromatic nitrogens is 1. The van der Waals surface area contributed by atoms with Crippen molar-refractivity contribution in [2.75, 3.05) is 0 Å². The van der Waals surface area contributed by atoms with Gasteiger partial charge in [-0.3, -0.25) is 4.98 Å². The van der Waals surface area contributed by atoms with Gasteiger partial charge in [-0.2, -0.15) is 0 Å². The normalized spacial score (nSPS) is 12.5. The first-order valence-corrected chi connectivity index (χ1v) is 6.78. The van der Waals surface area contributed by atoms with Gasteiger partial charge in [-0.1, -0.05) is 41.4 Å². The quantitative estimate of drug-likeness (QED) is 0.917. The van der Waals surface area contributed by atoms with Crippen molar-refractivity contribution in [1.82, 2.24) is 4.98 Å². The average Bonchev–Trinajstić information content (AvgIpc) is 2.33. The first-order valence-electron chi connectivity index (χ1n) is 6.03. The fourth-order valence-corrected chi connectivity index (χ4v) is 2.64. The highest BCUT2D eigenvalue weighted by molar-refractivity contribution is 6.34. The molecular weight excluding hydrogens is 281 g/mol. The number of benzene rings is 1. The molecule has 0 aliphatic carbocycles. The van der Waals surface area contributed by atoms with E-state index in [2.05, 4.69) is 4.98 Å². The van der Waals surface area contributed by atoms with Crippen molar-refractivity contribution < 1.29 is 5.11 Å². The van der Waals surface area contributed by atoms with Crippen LogP contribution in [-0.2, 0) is 6.42 Å². The van der Waals surface area contributed by atoms with Crippen LogP contribution in [0.25, 0.3) is 0 Å². The summed E-state index contributed by atoms with van der Waals surface area (Å²) in [6, 6.07) is 7.67. The van der Waals surface area contributed by atoms with Gasteiger partial charge in [0.1, 0.15) is 6.10 Å². The van der Waals surface area contributed by atoms with E-state index in [-0.39, 0.29) is 0 Å². The van der Waals surface area contributed by atoms with Gasteiger partial charge < -0.3 is 5.11 Å². The molecule has 0 spiro atoms. The lowest BCUT2D eigenvalue weighted by Gasteiger charge is -2.15. The largest absolute Gasteiger partial charge is 0.386 e. The van der Waals surface area contributed by atoms with Crippen LogP contribution < -0.4 is 0 Å². The van der Waals surface area contributed by atoms with Crippen LogP contribution in [0.15, 0.2) is 30.5 Å². The summed E-state index contributed by atoms with van der Waals surface area (Å²) in [6.45, 7) is 4.07. The van der Waals surface area contributed by atoms with Crippen LogP contribution in [0.1, 0.15) is 28.5 Å². The average molecular weight is 296 g/mol. The maximum absolute atomic E-state index is 10.3. The van der Waals surface area contributed by atoms with Crippen LogP contribution in [0.2, 0.25) is 10.0 Å². The Balaban J connectivity index is 2.28. The number of nitrogens with zero attached hydrogens (tertiary/aromatic N) is 1. The SMILES string of the molecule is Cc1cccc(C)c1CC(O)c1ncc(Cl)cc1Cl. The minimum absolute atomic E-state index is 0.395. The molecule has 0 aliphatic heterocycles. The zero-order chi connectivity index (χ0) is 14.0. The number of hydrogen-bond acceptors (Lipinski definition) is 2. The van der Waals surface area contributed by atoms with Gasteiger partial charge in [-0.15, -0.1) is 0 Å². The second-order valence-corrected chi connectivity index (χ2v) is 5.45. The van der Waals surface area contributed by atoms with E-state index in [0.717, 1.165) is 16.7 Å². The molecule has 19 heavy (non-hydrogen) atoms. The minimum Gasteiger partial charge on any atom is -0.386 e. The van der Waals surface area contributed by atoms with Gasteiger partial charge >= 0.3 is 0 Å². The Morgan fingerprint density at radius 3 is 2.42 bits per heavy atom. The lowest BCUT2D eigenvalue weighted by molar-refractivity contribution is 0.173. The number of rotatable bonds is 3. The molecule has 0 saturated carbocycles. The van der Waals surface area contributed by atoms with Crippen LogP contribution in [0, 0.1) is 13.8 Å². The van der Waals surface area contributed by atoms with Crippen molar-refractivity contribution >= 4 is 23.2 Å². The van der Waals surface area contributed by atoms with E-state index in [4.69, 9.17) is 23.2 Å². The highest BCUT2D eigenvalue weighted by Crippen LogP contribution is 2.27. The van der Waals surface area contributed by atoms with E-state index in [9.17, 15) is 5.11 Å². The van der Waals surface area contributed by atoms with E-state index in [0.29, 0.717) is 22.2 Å². The number of aliphatic hydroxyl groups excluding tert-OH is 1. The molecule has 0 bridgehead atoms. The molecule has 0 fully saturated rings. The fourth-order valence-electron chi connectivity index (χ4n) is 2.13. The number of halogens is 2. The first-order chi connectivity index (χ1) is 8.99. The predicted octanol–water partition coefficient (Wildman–Crippen LogP) is 4.28. The van der Waals surface area contributed by atoms with Gasteiger partial charge in [0.05, 0.1) is 15.7 Å². The molecule has 0 radical (unpaired) electrons. The maximum atomic E-state index is 10.3. The molecule has 1 unspecified atom stereocenters. The number of aryl methyl sites for hydroxylation is 2. The van der Waals surface area contributed by atoms with Gasteiger partial charge in [0.25, 0.3) is 0 Å². The lowest BCUT2D eigenvalue weighted by atomic mass is 9.96. The van der Waals surface area contributed by atoms with Crippen molar-refractivity contribution in [3.05, 3.63) is 62.9 Å². The molecule has 100 valence electrons. The van der Waals surface area contributed by atoms with E-state index in [1.54, 1.807) is 6.07 Å². The number of pyridine rings is 1. The summed E-state index contributed by atoms with van der Waals surface area (Å²) < 4.78 is 0. The molecule has 2 aromatic rings. The van der Waals surface area contributed by atoms with E-state index >= 15 is 0 Å². The summed E-state index contributed by atoms with van der Waals surface area (Å²) in [6.07, 6.45) is 1.26. The molecule has 1 N–H and O–H groups in total. The van der Waals surface area contributed by atoms with Gasteiger partial charge in [0, 0.05) is 12.6 Å². The van der Waals surface area contributed by atoms with Gasteiger partial charge in [-0.25, -0.2) is 0 Å². The standard InChI is InChI=1S/C15H15Cl2NO/c1-9-4-3-5-10(2)12(9)7-14(19)15-13(17)6-11(16)8-18-15/h3-6,8,14,19H,7H2,1-2H3. The van der Waals surface area contributed by atoms with Gasteiger partial charge in [-0.05, 0) is 36.6 Å². The molecular formula is C15H15Cl2NO. The smallest absolute Gasteiger partial charge is 0.101 e. The Labute approximate surface area is 123 Å².